The van der Waals surface area contributed by atoms with E-state index in [9.17, 15) is 0 Å². The molecular weight excluding hydrogens is 383 g/mol. The van der Waals surface area contributed by atoms with Gasteiger partial charge in [0.2, 0.25) is 0 Å². The molecule has 2 aromatic carbocycles. The molecule has 102 valence electrons. The van der Waals surface area contributed by atoms with Crippen molar-refractivity contribution >= 4 is 45.2 Å². The molecule has 0 fully saturated rings. The Morgan fingerprint density at radius 1 is 1.15 bits per heavy atom. The van der Waals surface area contributed by atoms with Gasteiger partial charge >= 0.3 is 0 Å². The highest BCUT2D eigenvalue weighted by Gasteiger charge is 2.18. The number of nitrogens with zero attached hydrogens (tertiary/aromatic N) is 2. The van der Waals surface area contributed by atoms with Crippen molar-refractivity contribution in [2.45, 2.75) is 19.2 Å². The number of aromatic nitrogens is 2. The first kappa shape index (κ1) is 13.9. The maximum Gasteiger partial charge on any atom is 0.132 e. The fourth-order valence-electron chi connectivity index (χ4n) is 2.41. The van der Waals surface area contributed by atoms with Crippen molar-refractivity contribution in [2.24, 2.45) is 0 Å². The van der Waals surface area contributed by atoms with E-state index in [2.05, 4.69) is 64.4 Å². The number of hydrogen-bond donors (Lipinski definition) is 0. The van der Waals surface area contributed by atoms with Gasteiger partial charge in [-0.15, -0.1) is 11.6 Å². The van der Waals surface area contributed by atoms with Gasteiger partial charge in [0.05, 0.1) is 22.1 Å². The molecule has 1 aromatic heterocycles. The van der Waals surface area contributed by atoms with E-state index in [1.165, 1.54) is 9.13 Å². The molecule has 0 amide bonds. The van der Waals surface area contributed by atoms with Crippen molar-refractivity contribution in [1.29, 1.82) is 0 Å². The number of aryl methyl sites for hydroxylation is 1. The van der Waals surface area contributed by atoms with Crippen LogP contribution in [0.1, 0.15) is 23.7 Å². The molecule has 3 rings (SSSR count). The van der Waals surface area contributed by atoms with Crippen LogP contribution in [0.25, 0.3) is 16.7 Å². The Morgan fingerprint density at radius 2 is 1.90 bits per heavy atom. The van der Waals surface area contributed by atoms with Gasteiger partial charge < -0.3 is 0 Å². The minimum absolute atomic E-state index is 0.141. The van der Waals surface area contributed by atoms with Gasteiger partial charge in [-0.3, -0.25) is 4.57 Å². The Hall–Kier alpha value is -1.07. The van der Waals surface area contributed by atoms with Crippen LogP contribution < -0.4 is 0 Å². The van der Waals surface area contributed by atoms with Gasteiger partial charge in [-0.05, 0) is 60.2 Å². The van der Waals surface area contributed by atoms with E-state index in [-0.39, 0.29) is 5.38 Å². The average Bonchev–Trinajstić information content (AvgIpc) is 2.80. The standard InChI is InChI=1S/C16H14ClIN2/c1-10-6-5-9-14-15(10)19-16(11(2)17)20(14)13-8-4-3-7-12(13)18/h3-9,11H,1-2H3. The maximum absolute atomic E-state index is 6.35. The molecule has 0 aliphatic heterocycles. The molecule has 1 atom stereocenters. The van der Waals surface area contributed by atoms with Crippen molar-refractivity contribution < 1.29 is 0 Å². The first-order valence-electron chi connectivity index (χ1n) is 6.46. The molecule has 0 saturated heterocycles. The summed E-state index contributed by atoms with van der Waals surface area (Å²) < 4.78 is 3.35. The van der Waals surface area contributed by atoms with E-state index in [0.717, 1.165) is 22.5 Å². The molecule has 1 unspecified atom stereocenters. The van der Waals surface area contributed by atoms with Crippen molar-refractivity contribution in [3.8, 4) is 5.69 Å². The summed E-state index contributed by atoms with van der Waals surface area (Å²) in [6, 6.07) is 14.5. The molecule has 0 bridgehead atoms. The summed E-state index contributed by atoms with van der Waals surface area (Å²) in [4.78, 5) is 4.76. The largest absolute Gasteiger partial charge is 0.294 e. The fourth-order valence-corrected chi connectivity index (χ4v) is 3.19. The second-order valence-electron chi connectivity index (χ2n) is 4.82. The summed E-state index contributed by atoms with van der Waals surface area (Å²) in [6.07, 6.45) is 0. The Morgan fingerprint density at radius 3 is 2.60 bits per heavy atom. The lowest BCUT2D eigenvalue weighted by Crippen LogP contribution is -2.03. The van der Waals surface area contributed by atoms with Crippen LogP contribution >= 0.6 is 34.2 Å². The summed E-state index contributed by atoms with van der Waals surface area (Å²) >= 11 is 8.70. The fraction of sp³-hybridized carbons (Fsp3) is 0.188. The molecule has 2 nitrogen and oxygen atoms in total. The molecule has 1 heterocycles. The third kappa shape index (κ3) is 2.23. The Bertz CT molecular complexity index is 777. The Labute approximate surface area is 136 Å². The van der Waals surface area contributed by atoms with Crippen LogP contribution in [0.4, 0.5) is 0 Å². The van der Waals surface area contributed by atoms with Gasteiger partial charge in [-0.1, -0.05) is 24.3 Å². The molecule has 20 heavy (non-hydrogen) atoms. The molecule has 0 aliphatic carbocycles. The van der Waals surface area contributed by atoms with Crippen molar-refractivity contribution in [2.75, 3.05) is 0 Å². The summed E-state index contributed by atoms with van der Waals surface area (Å²) in [5, 5.41) is -0.141. The summed E-state index contributed by atoms with van der Waals surface area (Å²) in [5.74, 6) is 0.889. The molecule has 0 aliphatic rings. The third-order valence-electron chi connectivity index (χ3n) is 3.36. The van der Waals surface area contributed by atoms with Crippen LogP contribution in [-0.2, 0) is 0 Å². The molecule has 3 aromatic rings. The first-order valence-corrected chi connectivity index (χ1v) is 7.98. The van der Waals surface area contributed by atoms with Crippen molar-refractivity contribution in [1.82, 2.24) is 9.55 Å². The number of halogens is 2. The number of imidazole rings is 1. The van der Waals surface area contributed by atoms with Gasteiger partial charge in [-0.2, -0.15) is 0 Å². The lowest BCUT2D eigenvalue weighted by atomic mass is 10.2. The second kappa shape index (κ2) is 5.37. The molecule has 0 spiro atoms. The molecule has 0 N–H and O–H groups in total. The van der Waals surface area contributed by atoms with Crippen LogP contribution in [-0.4, -0.2) is 9.55 Å². The maximum atomic E-state index is 6.35. The number of fused-ring (bicyclic) bond motifs is 1. The highest BCUT2D eigenvalue weighted by molar-refractivity contribution is 14.1. The molecule has 0 radical (unpaired) electrons. The van der Waals surface area contributed by atoms with E-state index >= 15 is 0 Å². The van der Waals surface area contributed by atoms with Gasteiger partial charge in [0.15, 0.2) is 0 Å². The summed E-state index contributed by atoms with van der Waals surface area (Å²) in [7, 11) is 0. The summed E-state index contributed by atoms with van der Waals surface area (Å²) in [6.45, 7) is 4.04. The zero-order valence-electron chi connectivity index (χ0n) is 11.3. The van der Waals surface area contributed by atoms with Crippen LogP contribution in [0.3, 0.4) is 0 Å². The highest BCUT2D eigenvalue weighted by atomic mass is 127. The number of alkyl halides is 1. The highest BCUT2D eigenvalue weighted by Crippen LogP contribution is 2.31. The minimum Gasteiger partial charge on any atom is -0.294 e. The average molecular weight is 397 g/mol. The second-order valence-corrected chi connectivity index (χ2v) is 6.63. The lowest BCUT2D eigenvalue weighted by Gasteiger charge is -2.12. The summed E-state index contributed by atoms with van der Waals surface area (Å²) in [5.41, 5.74) is 4.43. The molecule has 0 saturated carbocycles. The van der Waals surface area contributed by atoms with Crippen LogP contribution in [0, 0.1) is 10.5 Å². The zero-order valence-corrected chi connectivity index (χ0v) is 14.2. The number of rotatable bonds is 2. The quantitative estimate of drug-likeness (QED) is 0.428. The first-order chi connectivity index (χ1) is 9.59. The molecular formula is C16H14ClIN2. The predicted molar refractivity (Wildman–Crippen MR) is 92.8 cm³/mol. The van der Waals surface area contributed by atoms with Gasteiger partial charge in [-0.25, -0.2) is 4.98 Å². The number of hydrogen-bond acceptors (Lipinski definition) is 1. The van der Waals surface area contributed by atoms with Crippen LogP contribution in [0.5, 0.6) is 0 Å². The zero-order chi connectivity index (χ0) is 14.3. The van der Waals surface area contributed by atoms with Gasteiger partial charge in [0.25, 0.3) is 0 Å². The normalized spacial score (nSPS) is 12.8. The Balaban J connectivity index is 2.42. The monoisotopic (exact) mass is 396 g/mol. The van der Waals surface area contributed by atoms with E-state index in [1.807, 2.05) is 19.1 Å². The third-order valence-corrected chi connectivity index (χ3v) is 4.47. The van der Waals surface area contributed by atoms with Gasteiger partial charge in [0, 0.05) is 3.57 Å². The number of para-hydroxylation sites is 2. The smallest absolute Gasteiger partial charge is 0.132 e. The van der Waals surface area contributed by atoms with E-state index in [0.29, 0.717) is 0 Å². The van der Waals surface area contributed by atoms with Crippen molar-refractivity contribution in [3.63, 3.8) is 0 Å². The van der Waals surface area contributed by atoms with E-state index in [1.54, 1.807) is 0 Å². The minimum atomic E-state index is -0.141. The predicted octanol–water partition coefficient (Wildman–Crippen LogP) is 5.24. The van der Waals surface area contributed by atoms with Crippen LogP contribution in [0.15, 0.2) is 42.5 Å². The van der Waals surface area contributed by atoms with Gasteiger partial charge in [0.1, 0.15) is 5.82 Å². The van der Waals surface area contributed by atoms with Crippen LogP contribution in [0.2, 0.25) is 0 Å². The lowest BCUT2D eigenvalue weighted by molar-refractivity contribution is 0.880. The number of benzene rings is 2. The molecule has 4 heteroatoms. The Kier molecular flexibility index (Phi) is 3.73. The van der Waals surface area contributed by atoms with E-state index < -0.39 is 0 Å². The van der Waals surface area contributed by atoms with Crippen molar-refractivity contribution in [3.05, 3.63) is 57.4 Å². The SMILES string of the molecule is Cc1cccc2c1nc(C(C)Cl)n2-c1ccccc1I. The van der Waals surface area contributed by atoms with E-state index in [4.69, 9.17) is 16.6 Å². The topological polar surface area (TPSA) is 17.8 Å².